The molecule has 2 N–H and O–H groups in total. The summed E-state index contributed by atoms with van der Waals surface area (Å²) in [6.45, 7) is 4.85. The smallest absolute Gasteiger partial charge is 0.414 e. The number of anilines is 3. The molecule has 2 aromatic rings. The SMILES string of the molecule is CC(=O)NC[C@H]1CN(c2ccc(N3CCN(S(=O)(=O)c4ccc(NC(C)=O)cc4)CC3)nc2)C(=O)O1. The van der Waals surface area contributed by atoms with Crippen LogP contribution in [-0.4, -0.2) is 81.0 Å². The Morgan fingerprint density at radius 2 is 1.72 bits per heavy atom. The largest absolute Gasteiger partial charge is 0.442 e. The summed E-state index contributed by atoms with van der Waals surface area (Å²) in [5, 5.41) is 5.26. The Labute approximate surface area is 209 Å². The summed E-state index contributed by atoms with van der Waals surface area (Å²) in [6, 6.07) is 9.65. The van der Waals surface area contributed by atoms with Gasteiger partial charge in [-0.05, 0) is 36.4 Å². The van der Waals surface area contributed by atoms with Gasteiger partial charge in [0.1, 0.15) is 11.9 Å². The van der Waals surface area contributed by atoms with Crippen molar-refractivity contribution in [2.24, 2.45) is 0 Å². The van der Waals surface area contributed by atoms with Crippen LogP contribution in [-0.2, 0) is 24.3 Å². The summed E-state index contributed by atoms with van der Waals surface area (Å²) in [5.41, 5.74) is 1.12. The molecular formula is C23H28N6O6S. The highest BCUT2D eigenvalue weighted by molar-refractivity contribution is 7.89. The number of piperazine rings is 1. The standard InChI is InChI=1S/C23H28N6O6S/c1-16(30)24-14-20-15-29(23(32)35-20)19-5-8-22(25-13-19)27-9-11-28(12-10-27)36(33,34)21-6-3-18(4-7-21)26-17(2)31/h3-8,13,20H,9-12,14-15H2,1-2H3,(H,24,30)(H,26,31)/t20-/m0/s1. The zero-order valence-corrected chi connectivity index (χ0v) is 20.8. The molecular weight excluding hydrogens is 488 g/mol. The highest BCUT2D eigenvalue weighted by Crippen LogP contribution is 2.25. The number of benzene rings is 1. The predicted molar refractivity (Wildman–Crippen MR) is 132 cm³/mol. The number of nitrogens with zero attached hydrogens (tertiary/aromatic N) is 4. The van der Waals surface area contributed by atoms with E-state index in [9.17, 15) is 22.8 Å². The first-order valence-corrected chi connectivity index (χ1v) is 12.9. The van der Waals surface area contributed by atoms with Crippen LogP contribution in [0.4, 0.5) is 22.0 Å². The molecule has 12 nitrogen and oxygen atoms in total. The summed E-state index contributed by atoms with van der Waals surface area (Å²) in [5.74, 6) is 0.260. The van der Waals surface area contributed by atoms with Gasteiger partial charge in [0.2, 0.25) is 21.8 Å². The first-order valence-electron chi connectivity index (χ1n) is 11.4. The number of carbonyl (C=O) groups is 3. The fourth-order valence-corrected chi connectivity index (χ4v) is 5.46. The van der Waals surface area contributed by atoms with Gasteiger partial charge in [-0.1, -0.05) is 0 Å². The molecule has 2 fully saturated rings. The fraction of sp³-hybridized carbons (Fsp3) is 0.391. The van der Waals surface area contributed by atoms with E-state index in [0.717, 1.165) is 0 Å². The lowest BCUT2D eigenvalue weighted by molar-refractivity contribution is -0.119. The van der Waals surface area contributed by atoms with Crippen molar-refractivity contribution >= 4 is 45.1 Å². The number of hydrogen-bond donors (Lipinski definition) is 2. The lowest BCUT2D eigenvalue weighted by Crippen LogP contribution is -2.48. The van der Waals surface area contributed by atoms with Crippen LogP contribution >= 0.6 is 0 Å². The van der Waals surface area contributed by atoms with Gasteiger partial charge in [0.25, 0.3) is 0 Å². The van der Waals surface area contributed by atoms with Crippen LogP contribution in [0.2, 0.25) is 0 Å². The summed E-state index contributed by atoms with van der Waals surface area (Å²) in [4.78, 5) is 42.5. The minimum atomic E-state index is -3.66. The normalized spacial score (nSPS) is 18.6. The zero-order chi connectivity index (χ0) is 25.9. The number of carbonyl (C=O) groups excluding carboxylic acids is 3. The third-order valence-electron chi connectivity index (χ3n) is 5.87. The van der Waals surface area contributed by atoms with Crippen molar-refractivity contribution in [3.05, 3.63) is 42.6 Å². The van der Waals surface area contributed by atoms with Gasteiger partial charge in [-0.2, -0.15) is 4.31 Å². The Kier molecular flexibility index (Phi) is 7.40. The van der Waals surface area contributed by atoms with Crippen LogP contribution in [0.1, 0.15) is 13.8 Å². The van der Waals surface area contributed by atoms with Gasteiger partial charge in [-0.15, -0.1) is 0 Å². The molecule has 1 atom stereocenters. The third-order valence-corrected chi connectivity index (χ3v) is 7.78. The Morgan fingerprint density at radius 1 is 1.03 bits per heavy atom. The van der Waals surface area contributed by atoms with E-state index in [1.165, 1.54) is 35.2 Å². The molecule has 4 rings (SSSR count). The van der Waals surface area contributed by atoms with E-state index in [2.05, 4.69) is 15.6 Å². The number of hydrogen-bond acceptors (Lipinski definition) is 8. The Balaban J connectivity index is 1.34. The third kappa shape index (κ3) is 5.74. The minimum absolute atomic E-state index is 0.168. The Bertz CT molecular complexity index is 1230. The van der Waals surface area contributed by atoms with E-state index in [1.54, 1.807) is 30.5 Å². The van der Waals surface area contributed by atoms with Gasteiger partial charge in [-0.25, -0.2) is 18.2 Å². The van der Waals surface area contributed by atoms with Crippen LogP contribution in [0.5, 0.6) is 0 Å². The van der Waals surface area contributed by atoms with E-state index in [-0.39, 0.29) is 23.3 Å². The highest BCUT2D eigenvalue weighted by Gasteiger charge is 2.33. The van der Waals surface area contributed by atoms with Crippen molar-refractivity contribution in [1.82, 2.24) is 14.6 Å². The second-order valence-corrected chi connectivity index (χ2v) is 10.5. The quantitative estimate of drug-likeness (QED) is 0.556. The molecule has 0 spiro atoms. The second-order valence-electron chi connectivity index (χ2n) is 8.52. The molecule has 2 aliphatic rings. The van der Waals surface area contributed by atoms with Crippen LogP contribution < -0.4 is 20.4 Å². The van der Waals surface area contributed by atoms with Crippen molar-refractivity contribution in [2.45, 2.75) is 24.8 Å². The number of amides is 3. The molecule has 0 unspecified atom stereocenters. The Hall–Kier alpha value is -3.71. The number of sulfonamides is 1. The molecule has 0 saturated carbocycles. The Morgan fingerprint density at radius 3 is 2.31 bits per heavy atom. The van der Waals surface area contributed by atoms with Crippen LogP contribution in [0.3, 0.4) is 0 Å². The molecule has 0 radical (unpaired) electrons. The van der Waals surface area contributed by atoms with Crippen molar-refractivity contribution < 1.29 is 27.5 Å². The first kappa shape index (κ1) is 25.4. The maximum absolute atomic E-state index is 13.0. The minimum Gasteiger partial charge on any atom is -0.442 e. The number of rotatable bonds is 7. The number of pyridine rings is 1. The molecule has 13 heteroatoms. The van der Waals surface area contributed by atoms with E-state index in [0.29, 0.717) is 49.9 Å². The summed E-state index contributed by atoms with van der Waals surface area (Å²) < 4.78 is 32.8. The van der Waals surface area contributed by atoms with Gasteiger partial charge >= 0.3 is 6.09 Å². The van der Waals surface area contributed by atoms with Crippen molar-refractivity contribution in [2.75, 3.05) is 54.4 Å². The average molecular weight is 517 g/mol. The molecule has 2 saturated heterocycles. The topological polar surface area (TPSA) is 141 Å². The molecule has 192 valence electrons. The molecule has 0 aliphatic carbocycles. The second kappa shape index (κ2) is 10.5. The van der Waals surface area contributed by atoms with Crippen LogP contribution in [0, 0.1) is 0 Å². The molecule has 1 aromatic heterocycles. The molecule has 2 aliphatic heterocycles. The zero-order valence-electron chi connectivity index (χ0n) is 20.0. The first-order chi connectivity index (χ1) is 17.1. The number of nitrogens with one attached hydrogen (secondary N) is 2. The van der Waals surface area contributed by atoms with Gasteiger partial charge < -0.3 is 20.3 Å². The monoisotopic (exact) mass is 516 g/mol. The molecule has 3 amide bonds. The van der Waals surface area contributed by atoms with E-state index in [4.69, 9.17) is 4.74 Å². The maximum Gasteiger partial charge on any atom is 0.414 e. The average Bonchev–Trinajstić information content (AvgIpc) is 3.23. The number of aromatic nitrogens is 1. The van der Waals surface area contributed by atoms with Crippen molar-refractivity contribution in [1.29, 1.82) is 0 Å². The highest BCUT2D eigenvalue weighted by atomic mass is 32.2. The van der Waals surface area contributed by atoms with Crippen LogP contribution in [0.15, 0.2) is 47.5 Å². The van der Waals surface area contributed by atoms with Crippen molar-refractivity contribution in [3.63, 3.8) is 0 Å². The maximum atomic E-state index is 13.0. The predicted octanol–water partition coefficient (Wildman–Crippen LogP) is 1.01. The molecule has 36 heavy (non-hydrogen) atoms. The number of cyclic esters (lactones) is 1. The van der Waals surface area contributed by atoms with E-state index in [1.807, 2.05) is 4.90 Å². The van der Waals surface area contributed by atoms with Gasteiger partial charge in [0.15, 0.2) is 0 Å². The van der Waals surface area contributed by atoms with E-state index >= 15 is 0 Å². The fourth-order valence-electron chi connectivity index (χ4n) is 4.04. The lowest BCUT2D eigenvalue weighted by Gasteiger charge is -2.34. The lowest BCUT2D eigenvalue weighted by atomic mass is 10.3. The van der Waals surface area contributed by atoms with Crippen molar-refractivity contribution in [3.8, 4) is 0 Å². The summed E-state index contributed by atoms with van der Waals surface area (Å²) >= 11 is 0. The van der Waals surface area contributed by atoms with Gasteiger partial charge in [-0.3, -0.25) is 14.5 Å². The number of ether oxygens (including phenoxy) is 1. The summed E-state index contributed by atoms with van der Waals surface area (Å²) in [6.07, 6.45) is 0.651. The molecule has 0 bridgehead atoms. The molecule has 1 aromatic carbocycles. The van der Waals surface area contributed by atoms with Crippen LogP contribution in [0.25, 0.3) is 0 Å². The summed E-state index contributed by atoms with van der Waals surface area (Å²) in [7, 11) is -3.66. The van der Waals surface area contributed by atoms with Gasteiger partial charge in [0.05, 0.1) is 29.9 Å². The molecule has 3 heterocycles. The van der Waals surface area contributed by atoms with Gasteiger partial charge in [0, 0.05) is 45.7 Å². The van der Waals surface area contributed by atoms with E-state index < -0.39 is 22.2 Å².